The Morgan fingerprint density at radius 3 is 1.20 bits per heavy atom. The Morgan fingerprint density at radius 2 is 0.800 bits per heavy atom. The van der Waals surface area contributed by atoms with Gasteiger partial charge < -0.3 is 13.6 Å². The van der Waals surface area contributed by atoms with Crippen LogP contribution in [-0.4, -0.2) is 24.1 Å². The molecular weight excluding hydrogens is 917 g/mol. The summed E-state index contributed by atoms with van der Waals surface area (Å²) >= 11 is 0. The highest BCUT2D eigenvalue weighted by Crippen LogP contribution is 2.50. The Hall–Kier alpha value is -8.34. The van der Waals surface area contributed by atoms with Crippen LogP contribution < -0.4 is 0 Å². The molecule has 0 saturated carbocycles. The van der Waals surface area contributed by atoms with Crippen molar-refractivity contribution in [2.75, 3.05) is 0 Å². The molecule has 0 atom stereocenters. The summed E-state index contributed by atoms with van der Waals surface area (Å²) in [5, 5.41) is 6.37. The number of aromatic nitrogens is 5. The third-order valence-corrected chi connectivity index (χ3v) is 15.2. The predicted octanol–water partition coefficient (Wildman–Crippen LogP) is 18.7. The third-order valence-electron chi connectivity index (χ3n) is 15.2. The molecular formula is C68H62N6O. The first-order valence-electron chi connectivity index (χ1n) is 26.1. The van der Waals surface area contributed by atoms with Gasteiger partial charge in [0.25, 0.3) is 0 Å². The number of nitrogens with zero attached hydrogens (tertiary/aromatic N) is 6. The van der Waals surface area contributed by atoms with Crippen LogP contribution in [0.15, 0.2) is 162 Å². The molecule has 4 aromatic heterocycles. The fourth-order valence-corrected chi connectivity index (χ4v) is 10.9. The van der Waals surface area contributed by atoms with E-state index in [0.717, 1.165) is 55.3 Å². The maximum atomic E-state index is 8.99. The molecule has 7 heteroatoms. The van der Waals surface area contributed by atoms with E-state index in [4.69, 9.17) is 25.9 Å². The summed E-state index contributed by atoms with van der Waals surface area (Å²) in [7, 11) is 0. The van der Waals surface area contributed by atoms with Gasteiger partial charge in [0.15, 0.2) is 17.5 Å². The Bertz CT molecular complexity index is 4120. The fraction of sp³-hybridized carbons (Fsp3) is 0.235. The quantitative estimate of drug-likeness (QED) is 0.161. The summed E-state index contributed by atoms with van der Waals surface area (Å²) in [6.07, 6.45) is 0. The first-order chi connectivity index (χ1) is 35.7. The van der Waals surface area contributed by atoms with Crippen LogP contribution in [0.4, 0.5) is 5.69 Å². The zero-order chi connectivity index (χ0) is 52.5. The molecule has 0 radical (unpaired) electrons. The van der Waals surface area contributed by atoms with Gasteiger partial charge in [-0.15, -0.1) is 0 Å². The predicted molar refractivity (Wildman–Crippen MR) is 313 cm³/mol. The molecule has 75 heavy (non-hydrogen) atoms. The minimum Gasteiger partial charge on any atom is -0.466 e. The van der Waals surface area contributed by atoms with E-state index < -0.39 is 0 Å². The smallest absolute Gasteiger partial charge is 0.231 e. The van der Waals surface area contributed by atoms with Crippen molar-refractivity contribution in [3.8, 4) is 45.5 Å². The Morgan fingerprint density at radius 1 is 0.400 bits per heavy atom. The average Bonchev–Trinajstić information content (AvgIpc) is 4.09. The van der Waals surface area contributed by atoms with E-state index in [2.05, 4.69) is 188 Å². The van der Waals surface area contributed by atoms with E-state index in [1.807, 2.05) is 66.7 Å². The zero-order valence-corrected chi connectivity index (χ0v) is 45.1. The van der Waals surface area contributed by atoms with Gasteiger partial charge in [-0.1, -0.05) is 180 Å². The van der Waals surface area contributed by atoms with Crippen molar-refractivity contribution in [1.82, 2.24) is 24.1 Å². The lowest BCUT2D eigenvalue weighted by Crippen LogP contribution is -2.11. The van der Waals surface area contributed by atoms with Crippen molar-refractivity contribution in [2.45, 2.75) is 105 Å². The number of rotatable bonds is 5. The molecule has 0 aliphatic heterocycles. The first kappa shape index (κ1) is 47.7. The molecule has 4 heterocycles. The third kappa shape index (κ3) is 7.89. The van der Waals surface area contributed by atoms with E-state index in [1.54, 1.807) is 0 Å². The second-order valence-corrected chi connectivity index (χ2v) is 24.5. The monoisotopic (exact) mass is 978 g/mol. The number of furan rings is 1. The second kappa shape index (κ2) is 16.8. The number of hydrogen-bond acceptors (Lipinski definition) is 4. The number of para-hydroxylation sites is 1. The molecule has 0 unspecified atom stereocenters. The van der Waals surface area contributed by atoms with Gasteiger partial charge in [0, 0.05) is 43.4 Å². The van der Waals surface area contributed by atoms with Crippen molar-refractivity contribution < 1.29 is 4.42 Å². The van der Waals surface area contributed by atoms with Crippen LogP contribution >= 0.6 is 0 Å². The molecule has 12 aromatic rings. The van der Waals surface area contributed by atoms with Gasteiger partial charge in [-0.3, -0.25) is 0 Å². The SMILES string of the molecule is [C-]#[N+]c1cc(-n2c3ccc(C(C)(C)C)cc3c3cc(C(C)(C)C)ccc32)c(-n2c3ccc(C(C)(C)C)cc3c3cc(C(C)(C)C)ccc32)c2c1oc1c(-c3nc(-c4ccccc4)nc(-c4ccccc4)n3)cccc12. The van der Waals surface area contributed by atoms with E-state index in [0.29, 0.717) is 39.9 Å². The highest BCUT2D eigenvalue weighted by molar-refractivity contribution is 6.21. The molecule has 0 saturated heterocycles. The number of fused-ring (bicyclic) bond motifs is 9. The van der Waals surface area contributed by atoms with Crippen molar-refractivity contribution in [2.24, 2.45) is 0 Å². The van der Waals surface area contributed by atoms with Gasteiger partial charge in [0.1, 0.15) is 11.2 Å². The molecule has 0 aliphatic rings. The zero-order valence-electron chi connectivity index (χ0n) is 45.1. The van der Waals surface area contributed by atoms with Gasteiger partial charge in [-0.25, -0.2) is 19.8 Å². The largest absolute Gasteiger partial charge is 0.466 e. The highest BCUT2D eigenvalue weighted by Gasteiger charge is 2.30. The molecule has 0 amide bonds. The van der Waals surface area contributed by atoms with Crippen molar-refractivity contribution in [3.63, 3.8) is 0 Å². The summed E-state index contributed by atoms with van der Waals surface area (Å²) in [5.41, 5.74) is 14.7. The van der Waals surface area contributed by atoms with Crippen molar-refractivity contribution in [1.29, 1.82) is 0 Å². The molecule has 370 valence electrons. The summed E-state index contributed by atoms with van der Waals surface area (Å²) < 4.78 is 12.1. The van der Waals surface area contributed by atoms with Gasteiger partial charge in [-0.2, -0.15) is 0 Å². The van der Waals surface area contributed by atoms with Gasteiger partial charge >= 0.3 is 0 Å². The van der Waals surface area contributed by atoms with Gasteiger partial charge in [-0.05, 0) is 105 Å². The van der Waals surface area contributed by atoms with Crippen LogP contribution in [-0.2, 0) is 21.7 Å². The number of hydrogen-bond donors (Lipinski definition) is 0. The van der Waals surface area contributed by atoms with Crippen LogP contribution in [0, 0.1) is 6.57 Å². The molecule has 0 bridgehead atoms. The summed E-state index contributed by atoms with van der Waals surface area (Å²) in [6, 6.07) is 56.2. The molecule has 0 spiro atoms. The maximum absolute atomic E-state index is 8.99. The van der Waals surface area contributed by atoms with E-state index in [9.17, 15) is 0 Å². The molecule has 0 fully saturated rings. The van der Waals surface area contributed by atoms with Crippen LogP contribution in [0.3, 0.4) is 0 Å². The van der Waals surface area contributed by atoms with Crippen LogP contribution in [0.25, 0.3) is 116 Å². The lowest BCUT2D eigenvalue weighted by Gasteiger charge is -2.21. The molecule has 12 rings (SSSR count). The van der Waals surface area contributed by atoms with Crippen LogP contribution in [0.2, 0.25) is 0 Å². The fourth-order valence-electron chi connectivity index (χ4n) is 10.9. The van der Waals surface area contributed by atoms with Crippen molar-refractivity contribution >= 4 is 71.2 Å². The second-order valence-electron chi connectivity index (χ2n) is 24.5. The standard InChI is InChI=1S/C68H62N6O/c1-65(2,3)42-27-31-53-48(35-42)49-36-43(66(4,5)6)28-32-54(49)73(53)57-39-52(69-13)61-58(59(57)74-55-33-29-44(67(7,8)9)37-50(55)51-38-45(68(10,11)12)30-34-56(51)74)46-25-20-26-47(60(46)75-61)64-71-62(40-21-16-14-17-22-40)70-63(72-64)41-23-18-15-19-24-41/h14-39H,1-12H3. The topological polar surface area (TPSA) is 66.0 Å². The normalized spacial score (nSPS) is 12.8. The molecule has 8 aromatic carbocycles. The van der Waals surface area contributed by atoms with E-state index >= 15 is 0 Å². The minimum atomic E-state index is -0.0896. The number of benzene rings is 8. The van der Waals surface area contributed by atoms with Crippen LogP contribution in [0.5, 0.6) is 0 Å². The van der Waals surface area contributed by atoms with Crippen molar-refractivity contribution in [3.05, 3.63) is 191 Å². The Labute approximate surface area is 439 Å². The average molecular weight is 979 g/mol. The Balaban J connectivity index is 1.27. The summed E-state index contributed by atoms with van der Waals surface area (Å²) in [5.74, 6) is 1.59. The highest BCUT2D eigenvalue weighted by atomic mass is 16.3. The van der Waals surface area contributed by atoms with Gasteiger partial charge in [0.05, 0.1) is 45.6 Å². The molecule has 0 aliphatic carbocycles. The lowest BCUT2D eigenvalue weighted by atomic mass is 9.85. The van der Waals surface area contributed by atoms with Gasteiger partial charge in [0.2, 0.25) is 5.69 Å². The summed E-state index contributed by atoms with van der Waals surface area (Å²) in [4.78, 5) is 19.8. The lowest BCUT2D eigenvalue weighted by molar-refractivity contribution is 0.590. The summed E-state index contributed by atoms with van der Waals surface area (Å²) in [6.45, 7) is 36.4. The maximum Gasteiger partial charge on any atom is 0.231 e. The van der Waals surface area contributed by atoms with Crippen LogP contribution in [0.1, 0.15) is 105 Å². The minimum absolute atomic E-state index is 0.0813. The molecule has 7 nitrogen and oxygen atoms in total. The first-order valence-corrected chi connectivity index (χ1v) is 26.1. The van der Waals surface area contributed by atoms with E-state index in [1.165, 1.54) is 43.8 Å². The van der Waals surface area contributed by atoms with E-state index in [-0.39, 0.29) is 21.7 Å². The molecule has 0 N–H and O–H groups in total. The Kier molecular flexibility index (Phi) is 10.7.